The number of carboxylic acid groups (broad SMARTS) is 1. The average Bonchev–Trinajstić information content (AvgIpc) is 2.40. The second kappa shape index (κ2) is 6.06. The molecule has 2 rings (SSSR count). The quantitative estimate of drug-likeness (QED) is 0.901. The lowest BCUT2D eigenvalue weighted by molar-refractivity contribution is 0.0694. The van der Waals surface area contributed by atoms with Crippen molar-refractivity contribution in [2.24, 2.45) is 0 Å². The number of aromatic nitrogens is 2. The zero-order chi connectivity index (χ0) is 14.7. The molecule has 0 unspecified atom stereocenters. The summed E-state index contributed by atoms with van der Waals surface area (Å²) >= 11 is 9.03. The minimum absolute atomic E-state index is 0.0418. The molecule has 6 nitrogen and oxygen atoms in total. The van der Waals surface area contributed by atoms with Crippen molar-refractivity contribution >= 4 is 33.5 Å². The van der Waals surface area contributed by atoms with E-state index in [1.54, 1.807) is 0 Å². The van der Waals surface area contributed by atoms with Gasteiger partial charge in [0.25, 0.3) is 0 Å². The van der Waals surface area contributed by atoms with Crippen molar-refractivity contribution in [3.8, 4) is 17.6 Å². The zero-order valence-corrected chi connectivity index (χ0v) is 12.5. The Balaban J connectivity index is 2.39. The predicted molar refractivity (Wildman–Crippen MR) is 74.8 cm³/mol. The minimum Gasteiger partial charge on any atom is -0.480 e. The summed E-state index contributed by atoms with van der Waals surface area (Å²) < 4.78 is 10.9. The Bertz CT molecular complexity index is 666. The van der Waals surface area contributed by atoms with Gasteiger partial charge in [-0.1, -0.05) is 11.6 Å². The number of carbonyl (C=O) groups is 1. The molecule has 0 aliphatic heterocycles. The molecule has 0 atom stereocenters. The molecular formula is C12H8BrClN2O4. The smallest absolute Gasteiger partial charge is 0.339 e. The third kappa shape index (κ3) is 3.17. The standard InChI is InChI=1S/C12H8BrClN2O4/c1-19-10-8(13)5-15-12(16-10)20-9-4-6(14)2-3-7(9)11(17)18/h2-5H,1H3,(H,17,18). The van der Waals surface area contributed by atoms with Crippen molar-refractivity contribution in [1.29, 1.82) is 0 Å². The van der Waals surface area contributed by atoms with Crippen molar-refractivity contribution in [3.63, 3.8) is 0 Å². The van der Waals surface area contributed by atoms with E-state index in [0.29, 0.717) is 9.50 Å². The van der Waals surface area contributed by atoms with Crippen LogP contribution in [0.3, 0.4) is 0 Å². The maximum Gasteiger partial charge on any atom is 0.339 e. The summed E-state index contributed by atoms with van der Waals surface area (Å²) in [6, 6.07) is 4.13. The number of methoxy groups -OCH3 is 1. The molecule has 0 saturated heterocycles. The molecule has 1 aromatic heterocycles. The fourth-order valence-corrected chi connectivity index (χ4v) is 1.90. The molecule has 0 fully saturated rings. The van der Waals surface area contributed by atoms with Crippen LogP contribution < -0.4 is 9.47 Å². The molecule has 0 aliphatic rings. The Hall–Kier alpha value is -1.86. The summed E-state index contributed by atoms with van der Waals surface area (Å²) in [5.41, 5.74) is -0.0418. The molecule has 0 radical (unpaired) electrons. The summed E-state index contributed by atoms with van der Waals surface area (Å²) in [7, 11) is 1.44. The number of hydrogen-bond donors (Lipinski definition) is 1. The molecule has 0 bridgehead atoms. The second-order valence-corrected chi connectivity index (χ2v) is 4.85. The third-order valence-electron chi connectivity index (χ3n) is 2.26. The SMILES string of the molecule is COc1nc(Oc2cc(Cl)ccc2C(=O)O)ncc1Br. The van der Waals surface area contributed by atoms with Gasteiger partial charge in [0.2, 0.25) is 5.88 Å². The summed E-state index contributed by atoms with van der Waals surface area (Å²) in [5.74, 6) is -0.816. The Morgan fingerprint density at radius 2 is 2.20 bits per heavy atom. The van der Waals surface area contributed by atoms with E-state index in [4.69, 9.17) is 26.2 Å². The van der Waals surface area contributed by atoms with Gasteiger partial charge in [-0.2, -0.15) is 4.98 Å². The molecule has 0 amide bonds. The van der Waals surface area contributed by atoms with Crippen molar-refractivity contribution in [3.05, 3.63) is 39.5 Å². The van der Waals surface area contributed by atoms with Crippen LogP contribution >= 0.6 is 27.5 Å². The lowest BCUT2D eigenvalue weighted by atomic mass is 10.2. The highest BCUT2D eigenvalue weighted by Crippen LogP contribution is 2.29. The monoisotopic (exact) mass is 358 g/mol. The first-order valence-corrected chi connectivity index (χ1v) is 6.45. The van der Waals surface area contributed by atoms with E-state index in [2.05, 4.69) is 25.9 Å². The van der Waals surface area contributed by atoms with Crippen LogP contribution in [-0.2, 0) is 0 Å². The van der Waals surface area contributed by atoms with Crippen LogP contribution in [0.5, 0.6) is 17.6 Å². The zero-order valence-electron chi connectivity index (χ0n) is 10.1. The molecule has 8 heteroatoms. The Kier molecular flexibility index (Phi) is 4.41. The van der Waals surface area contributed by atoms with Crippen LogP contribution in [0.4, 0.5) is 0 Å². The first-order chi connectivity index (χ1) is 9.51. The van der Waals surface area contributed by atoms with Gasteiger partial charge < -0.3 is 14.6 Å². The van der Waals surface area contributed by atoms with Crippen LogP contribution in [0.15, 0.2) is 28.9 Å². The number of nitrogens with zero attached hydrogens (tertiary/aromatic N) is 2. The maximum atomic E-state index is 11.1. The van der Waals surface area contributed by atoms with Crippen LogP contribution in [-0.4, -0.2) is 28.2 Å². The number of rotatable bonds is 4. The van der Waals surface area contributed by atoms with E-state index >= 15 is 0 Å². The molecule has 0 spiro atoms. The van der Waals surface area contributed by atoms with Crippen molar-refractivity contribution < 1.29 is 19.4 Å². The van der Waals surface area contributed by atoms with Crippen molar-refractivity contribution in [2.75, 3.05) is 7.11 Å². The highest BCUT2D eigenvalue weighted by atomic mass is 79.9. The van der Waals surface area contributed by atoms with Gasteiger partial charge in [0.05, 0.1) is 17.8 Å². The second-order valence-electron chi connectivity index (χ2n) is 3.56. The largest absolute Gasteiger partial charge is 0.480 e. The number of benzene rings is 1. The molecule has 104 valence electrons. The Morgan fingerprint density at radius 1 is 1.45 bits per heavy atom. The van der Waals surface area contributed by atoms with Crippen LogP contribution in [0.1, 0.15) is 10.4 Å². The number of aromatic carboxylic acids is 1. The summed E-state index contributed by atoms with van der Waals surface area (Å²) in [6.07, 6.45) is 1.44. The first-order valence-electron chi connectivity index (χ1n) is 5.28. The summed E-state index contributed by atoms with van der Waals surface area (Å²) in [4.78, 5) is 19.0. The highest BCUT2D eigenvalue weighted by molar-refractivity contribution is 9.10. The minimum atomic E-state index is -1.14. The molecule has 0 saturated carbocycles. The van der Waals surface area contributed by atoms with E-state index in [9.17, 15) is 4.79 Å². The maximum absolute atomic E-state index is 11.1. The van der Waals surface area contributed by atoms with Crippen LogP contribution in [0.25, 0.3) is 0 Å². The lowest BCUT2D eigenvalue weighted by Gasteiger charge is -2.08. The van der Waals surface area contributed by atoms with Gasteiger partial charge in [0.15, 0.2) is 0 Å². The number of hydrogen-bond acceptors (Lipinski definition) is 5. The predicted octanol–water partition coefficient (Wildman–Crippen LogP) is 3.39. The van der Waals surface area contributed by atoms with E-state index in [0.717, 1.165) is 0 Å². The first kappa shape index (κ1) is 14.5. The average molecular weight is 360 g/mol. The van der Waals surface area contributed by atoms with E-state index in [1.165, 1.54) is 31.5 Å². The molecule has 20 heavy (non-hydrogen) atoms. The van der Waals surface area contributed by atoms with Crippen molar-refractivity contribution in [2.45, 2.75) is 0 Å². The van der Waals surface area contributed by atoms with Gasteiger partial charge in [0, 0.05) is 11.1 Å². The number of carboxylic acids is 1. The number of ether oxygens (including phenoxy) is 2. The van der Waals surface area contributed by atoms with Gasteiger partial charge in [-0.05, 0) is 28.1 Å². The van der Waals surface area contributed by atoms with Gasteiger partial charge >= 0.3 is 12.0 Å². The fraction of sp³-hybridized carbons (Fsp3) is 0.0833. The van der Waals surface area contributed by atoms with Crippen molar-refractivity contribution in [1.82, 2.24) is 9.97 Å². The molecule has 1 aromatic carbocycles. The Labute approximate surface area is 127 Å². The Morgan fingerprint density at radius 3 is 2.85 bits per heavy atom. The summed E-state index contributed by atoms with van der Waals surface area (Å²) in [6.45, 7) is 0. The van der Waals surface area contributed by atoms with Gasteiger partial charge in [-0.15, -0.1) is 0 Å². The molecule has 0 aliphatic carbocycles. The van der Waals surface area contributed by atoms with Gasteiger partial charge in [0.1, 0.15) is 11.3 Å². The normalized spacial score (nSPS) is 10.2. The highest BCUT2D eigenvalue weighted by Gasteiger charge is 2.15. The molecular weight excluding hydrogens is 351 g/mol. The molecule has 1 N–H and O–H groups in total. The molecule has 1 heterocycles. The van der Waals surface area contributed by atoms with E-state index in [-0.39, 0.29) is 23.2 Å². The third-order valence-corrected chi connectivity index (χ3v) is 3.04. The number of halogens is 2. The lowest BCUT2D eigenvalue weighted by Crippen LogP contribution is -2.02. The van der Waals surface area contributed by atoms with Crippen LogP contribution in [0, 0.1) is 0 Å². The van der Waals surface area contributed by atoms with Crippen LogP contribution in [0.2, 0.25) is 5.02 Å². The van der Waals surface area contributed by atoms with E-state index < -0.39 is 5.97 Å². The summed E-state index contributed by atoms with van der Waals surface area (Å²) in [5, 5.41) is 9.43. The van der Waals surface area contributed by atoms with Gasteiger partial charge in [-0.25, -0.2) is 9.78 Å². The fourth-order valence-electron chi connectivity index (χ4n) is 1.38. The van der Waals surface area contributed by atoms with E-state index in [1.807, 2.05) is 0 Å². The molecule has 2 aromatic rings. The topological polar surface area (TPSA) is 81.5 Å². The van der Waals surface area contributed by atoms with Gasteiger partial charge in [-0.3, -0.25) is 0 Å².